The maximum atomic E-state index is 13.3. The van der Waals surface area contributed by atoms with E-state index in [9.17, 15) is 9.59 Å². The van der Waals surface area contributed by atoms with Crippen LogP contribution in [0.15, 0.2) is 83.0 Å². The monoisotopic (exact) mass is 499 g/mol. The van der Waals surface area contributed by atoms with Crippen LogP contribution in [0.5, 0.6) is 0 Å². The topological polar surface area (TPSA) is 80.1 Å². The van der Waals surface area contributed by atoms with Crippen molar-refractivity contribution in [1.82, 2.24) is 14.5 Å². The van der Waals surface area contributed by atoms with Gasteiger partial charge in [-0.15, -0.1) is 0 Å². The van der Waals surface area contributed by atoms with Crippen LogP contribution in [0.4, 0.5) is 11.4 Å². The van der Waals surface area contributed by atoms with Crippen LogP contribution in [0.25, 0.3) is 10.9 Å². The van der Waals surface area contributed by atoms with Crippen molar-refractivity contribution in [3.8, 4) is 0 Å². The third-order valence-electron chi connectivity index (χ3n) is 6.34. The Bertz CT molecular complexity index is 1380. The summed E-state index contributed by atoms with van der Waals surface area (Å²) < 4.78 is 1.62. The number of benzene rings is 2. The van der Waals surface area contributed by atoms with Crippen LogP contribution in [0.2, 0.25) is 0 Å². The highest BCUT2D eigenvalue weighted by atomic mass is 32.2. The van der Waals surface area contributed by atoms with Crippen molar-refractivity contribution in [1.29, 1.82) is 0 Å². The zero-order chi connectivity index (χ0) is 24.7. The third-order valence-corrected chi connectivity index (χ3v) is 7.32. The molecular weight excluding hydrogens is 470 g/mol. The van der Waals surface area contributed by atoms with Gasteiger partial charge in [-0.2, -0.15) is 0 Å². The molecular formula is C28H29N5O2S. The van der Waals surface area contributed by atoms with Crippen molar-refractivity contribution in [3.05, 3.63) is 89.0 Å². The number of nitrogens with zero attached hydrogens (tertiary/aromatic N) is 4. The molecule has 184 valence electrons. The van der Waals surface area contributed by atoms with Gasteiger partial charge in [-0.1, -0.05) is 42.8 Å². The van der Waals surface area contributed by atoms with Gasteiger partial charge >= 0.3 is 0 Å². The fourth-order valence-electron chi connectivity index (χ4n) is 4.48. The number of fused-ring (bicyclic) bond motifs is 1. The number of hydrogen-bond acceptors (Lipinski definition) is 6. The molecule has 1 amide bonds. The van der Waals surface area contributed by atoms with Crippen molar-refractivity contribution >= 4 is 39.9 Å². The van der Waals surface area contributed by atoms with Gasteiger partial charge in [0.25, 0.3) is 5.56 Å². The molecule has 5 rings (SSSR count). The number of aromatic nitrogens is 3. The highest BCUT2D eigenvalue weighted by Crippen LogP contribution is 2.23. The van der Waals surface area contributed by atoms with E-state index in [-0.39, 0.29) is 17.2 Å². The maximum Gasteiger partial charge on any atom is 0.262 e. The summed E-state index contributed by atoms with van der Waals surface area (Å²) in [6.07, 6.45) is 8.48. The molecule has 4 aromatic rings. The maximum absolute atomic E-state index is 13.3. The molecule has 2 aromatic heterocycles. The SMILES string of the molecule is O=C(CSc1nc2ccccc2c(=O)n1Cc1cccnc1)Nc1ccc(N2CCCCCC2)cc1. The molecule has 1 aliphatic rings. The first-order valence-corrected chi connectivity index (χ1v) is 13.3. The van der Waals surface area contributed by atoms with E-state index >= 15 is 0 Å². The number of hydrogen-bond donors (Lipinski definition) is 1. The molecule has 8 heteroatoms. The average molecular weight is 500 g/mol. The Morgan fingerprint density at radius 3 is 2.47 bits per heavy atom. The predicted molar refractivity (Wildman–Crippen MR) is 146 cm³/mol. The number of amides is 1. The number of para-hydroxylation sites is 1. The van der Waals surface area contributed by atoms with Gasteiger partial charge in [-0.05, 0) is 60.9 Å². The molecule has 0 atom stereocenters. The van der Waals surface area contributed by atoms with E-state index < -0.39 is 0 Å². The van der Waals surface area contributed by atoms with Gasteiger partial charge < -0.3 is 10.2 Å². The van der Waals surface area contributed by atoms with E-state index in [1.54, 1.807) is 23.0 Å². The van der Waals surface area contributed by atoms with E-state index in [0.717, 1.165) is 24.3 Å². The Kier molecular flexibility index (Phi) is 7.61. The van der Waals surface area contributed by atoms with Crippen LogP contribution in [0.1, 0.15) is 31.2 Å². The van der Waals surface area contributed by atoms with Crippen molar-refractivity contribution in [2.45, 2.75) is 37.4 Å². The van der Waals surface area contributed by atoms with Crippen molar-refractivity contribution in [2.75, 3.05) is 29.1 Å². The lowest BCUT2D eigenvalue weighted by Crippen LogP contribution is -2.25. The summed E-state index contributed by atoms with van der Waals surface area (Å²) in [4.78, 5) is 37.3. The number of thioether (sulfide) groups is 1. The van der Waals surface area contributed by atoms with Crippen molar-refractivity contribution in [3.63, 3.8) is 0 Å². The zero-order valence-electron chi connectivity index (χ0n) is 20.1. The Morgan fingerprint density at radius 2 is 1.72 bits per heavy atom. The standard InChI is InChI=1S/C28H29N5O2S/c34-26(30-22-11-13-23(14-12-22)32-16-5-1-2-6-17-32)20-36-28-31-25-10-4-3-9-24(25)27(35)33(28)19-21-8-7-15-29-18-21/h3-4,7-15,18H,1-2,5-6,16-17,19-20H2,(H,30,34). The van der Waals surface area contributed by atoms with Crippen LogP contribution in [0, 0.1) is 0 Å². The molecule has 36 heavy (non-hydrogen) atoms. The Morgan fingerprint density at radius 1 is 0.944 bits per heavy atom. The number of anilines is 2. The molecule has 0 spiro atoms. The summed E-state index contributed by atoms with van der Waals surface area (Å²) in [6, 6.07) is 19.1. The fourth-order valence-corrected chi connectivity index (χ4v) is 5.28. The summed E-state index contributed by atoms with van der Waals surface area (Å²) in [7, 11) is 0. The molecule has 1 saturated heterocycles. The first-order valence-electron chi connectivity index (χ1n) is 12.3. The summed E-state index contributed by atoms with van der Waals surface area (Å²) in [5, 5.41) is 4.04. The van der Waals surface area contributed by atoms with E-state index in [0.29, 0.717) is 22.6 Å². The molecule has 0 unspecified atom stereocenters. The Hall–Kier alpha value is -3.65. The molecule has 1 N–H and O–H groups in total. The van der Waals surface area contributed by atoms with Crippen LogP contribution in [-0.2, 0) is 11.3 Å². The smallest absolute Gasteiger partial charge is 0.262 e. The predicted octanol–water partition coefficient (Wildman–Crippen LogP) is 4.95. The molecule has 0 radical (unpaired) electrons. The van der Waals surface area contributed by atoms with Gasteiger partial charge in [0, 0.05) is 36.9 Å². The number of carbonyl (C=O) groups is 1. The van der Waals surface area contributed by atoms with Crippen molar-refractivity contribution in [2.24, 2.45) is 0 Å². The van der Waals surface area contributed by atoms with E-state index in [1.165, 1.54) is 43.1 Å². The summed E-state index contributed by atoms with van der Waals surface area (Å²) >= 11 is 1.26. The minimum Gasteiger partial charge on any atom is -0.372 e. The second-order valence-corrected chi connectivity index (χ2v) is 9.89. The van der Waals surface area contributed by atoms with Crippen molar-refractivity contribution < 1.29 is 4.79 Å². The first-order chi connectivity index (χ1) is 17.7. The largest absolute Gasteiger partial charge is 0.372 e. The average Bonchev–Trinajstić information content (AvgIpc) is 3.20. The van der Waals surface area contributed by atoms with Crippen LogP contribution in [0.3, 0.4) is 0 Å². The summed E-state index contributed by atoms with van der Waals surface area (Å²) in [5.74, 6) is 0.00367. The summed E-state index contributed by atoms with van der Waals surface area (Å²) in [6.45, 7) is 2.51. The van der Waals surface area contributed by atoms with Gasteiger partial charge in [-0.25, -0.2) is 4.98 Å². The minimum absolute atomic E-state index is 0.128. The van der Waals surface area contributed by atoms with Crippen LogP contribution in [-0.4, -0.2) is 39.3 Å². The van der Waals surface area contributed by atoms with E-state index in [2.05, 4.69) is 27.3 Å². The molecule has 3 heterocycles. The molecule has 1 aliphatic heterocycles. The lowest BCUT2D eigenvalue weighted by Gasteiger charge is -2.22. The first kappa shape index (κ1) is 24.1. The third kappa shape index (κ3) is 5.76. The van der Waals surface area contributed by atoms with E-state index in [1.807, 2.05) is 42.5 Å². The second kappa shape index (κ2) is 11.4. The molecule has 1 fully saturated rings. The molecule has 2 aromatic carbocycles. The second-order valence-electron chi connectivity index (χ2n) is 8.95. The zero-order valence-corrected chi connectivity index (χ0v) is 20.9. The number of nitrogens with one attached hydrogen (secondary N) is 1. The summed E-state index contributed by atoms with van der Waals surface area (Å²) in [5.41, 5.74) is 3.35. The van der Waals surface area contributed by atoms with Gasteiger partial charge in [0.2, 0.25) is 5.91 Å². The molecule has 0 saturated carbocycles. The minimum atomic E-state index is -0.141. The lowest BCUT2D eigenvalue weighted by atomic mass is 10.2. The van der Waals surface area contributed by atoms with Crippen LogP contribution < -0.4 is 15.8 Å². The lowest BCUT2D eigenvalue weighted by molar-refractivity contribution is -0.113. The number of carbonyl (C=O) groups excluding carboxylic acids is 1. The normalized spacial score (nSPS) is 13.9. The van der Waals surface area contributed by atoms with Gasteiger partial charge in [0.05, 0.1) is 23.2 Å². The van der Waals surface area contributed by atoms with Gasteiger partial charge in [0.15, 0.2) is 5.16 Å². The highest BCUT2D eigenvalue weighted by molar-refractivity contribution is 7.99. The highest BCUT2D eigenvalue weighted by Gasteiger charge is 2.15. The molecule has 7 nitrogen and oxygen atoms in total. The van der Waals surface area contributed by atoms with Gasteiger partial charge in [-0.3, -0.25) is 19.1 Å². The van der Waals surface area contributed by atoms with E-state index in [4.69, 9.17) is 4.98 Å². The van der Waals surface area contributed by atoms with Crippen LogP contribution >= 0.6 is 11.8 Å². The van der Waals surface area contributed by atoms with Gasteiger partial charge in [0.1, 0.15) is 0 Å². The molecule has 0 aliphatic carbocycles. The Balaban J connectivity index is 1.29. The number of pyridine rings is 1. The number of rotatable bonds is 7. The quantitative estimate of drug-likeness (QED) is 0.286. The Labute approximate surface area is 214 Å². The molecule has 0 bridgehead atoms. The fraction of sp³-hybridized carbons (Fsp3) is 0.286.